The highest BCUT2D eigenvalue weighted by molar-refractivity contribution is 5.85. The van der Waals surface area contributed by atoms with Crippen molar-refractivity contribution in [1.29, 1.82) is 0 Å². The lowest BCUT2D eigenvalue weighted by molar-refractivity contribution is -0.274. The van der Waals surface area contributed by atoms with Crippen LogP contribution in [0.2, 0.25) is 0 Å². The van der Waals surface area contributed by atoms with Crippen molar-refractivity contribution in [3.05, 3.63) is 59.8 Å². The van der Waals surface area contributed by atoms with Gasteiger partial charge in [0.05, 0.1) is 7.11 Å². The number of ether oxygens (including phenoxy) is 2. The van der Waals surface area contributed by atoms with Gasteiger partial charge >= 0.3 is 6.36 Å². The molecule has 0 fully saturated rings. The monoisotopic (exact) mass is 377 g/mol. The smallest absolute Gasteiger partial charge is 0.497 e. The summed E-state index contributed by atoms with van der Waals surface area (Å²) in [6.07, 6.45) is -0.966. The molecule has 1 aromatic heterocycles. The molecule has 0 aliphatic carbocycles. The van der Waals surface area contributed by atoms with Gasteiger partial charge in [0, 0.05) is 30.1 Å². The Morgan fingerprint density at radius 1 is 1.11 bits per heavy atom. The topological polar surface area (TPSA) is 40.5 Å². The largest absolute Gasteiger partial charge is 0.573 e. The number of aryl methyl sites for hydroxylation is 1. The van der Waals surface area contributed by atoms with Crippen LogP contribution in [0.15, 0.2) is 48.7 Å². The highest BCUT2D eigenvalue weighted by atomic mass is 19.4. The van der Waals surface area contributed by atoms with E-state index in [9.17, 15) is 18.0 Å². The molecule has 0 bridgehead atoms. The number of alkyl halides is 3. The highest BCUT2D eigenvalue weighted by Crippen LogP contribution is 2.29. The molecule has 4 nitrogen and oxygen atoms in total. The van der Waals surface area contributed by atoms with Crippen molar-refractivity contribution in [2.24, 2.45) is 0 Å². The van der Waals surface area contributed by atoms with Crippen LogP contribution in [0.1, 0.15) is 17.5 Å². The van der Waals surface area contributed by atoms with E-state index >= 15 is 0 Å². The number of aromatic nitrogens is 1. The van der Waals surface area contributed by atoms with Crippen LogP contribution in [-0.4, -0.2) is 24.3 Å². The van der Waals surface area contributed by atoms with E-state index in [1.165, 1.54) is 18.2 Å². The predicted molar refractivity (Wildman–Crippen MR) is 95.1 cm³/mol. The van der Waals surface area contributed by atoms with Crippen molar-refractivity contribution < 1.29 is 27.4 Å². The predicted octanol–water partition coefficient (Wildman–Crippen LogP) is 4.73. The molecule has 2 aromatic carbocycles. The Morgan fingerprint density at radius 3 is 2.63 bits per heavy atom. The van der Waals surface area contributed by atoms with Crippen molar-refractivity contribution in [3.8, 4) is 11.5 Å². The zero-order valence-electron chi connectivity index (χ0n) is 14.6. The quantitative estimate of drug-likeness (QED) is 0.559. The minimum atomic E-state index is -4.72. The van der Waals surface area contributed by atoms with Crippen LogP contribution in [0.25, 0.3) is 10.9 Å². The van der Waals surface area contributed by atoms with E-state index in [4.69, 9.17) is 4.74 Å². The van der Waals surface area contributed by atoms with Crippen molar-refractivity contribution in [2.45, 2.75) is 25.7 Å². The number of carbonyl (C=O) groups is 1. The number of halogens is 3. The van der Waals surface area contributed by atoms with Gasteiger partial charge in [0.15, 0.2) is 0 Å². The second kappa shape index (κ2) is 7.73. The number of carbonyl (C=O) groups excluding carboxylic acids is 1. The number of rotatable bonds is 7. The molecule has 0 unspecified atom stereocenters. The summed E-state index contributed by atoms with van der Waals surface area (Å²) in [6.45, 7) is 0.374. The second-order valence-corrected chi connectivity index (χ2v) is 6.07. The van der Waals surface area contributed by atoms with E-state index in [1.54, 1.807) is 13.2 Å². The van der Waals surface area contributed by atoms with Gasteiger partial charge in [-0.15, -0.1) is 13.2 Å². The Labute approximate surface area is 154 Å². The number of methoxy groups -OCH3 is 1. The maximum atomic E-state index is 12.4. The molecule has 0 aliphatic heterocycles. The molecule has 0 N–H and O–H groups in total. The average molecular weight is 377 g/mol. The summed E-state index contributed by atoms with van der Waals surface area (Å²) in [7, 11) is 1.58. The summed E-state index contributed by atoms with van der Waals surface area (Å²) in [5.41, 5.74) is 2.57. The van der Waals surface area contributed by atoms with Gasteiger partial charge < -0.3 is 18.8 Å². The third-order valence-electron chi connectivity index (χ3n) is 4.19. The third kappa shape index (κ3) is 4.61. The maximum absolute atomic E-state index is 12.4. The fraction of sp³-hybridized carbons (Fsp3) is 0.250. The Balaban J connectivity index is 1.95. The van der Waals surface area contributed by atoms with E-state index in [-0.39, 0.29) is 5.75 Å². The number of aldehydes is 1. The first kappa shape index (κ1) is 18.8. The summed E-state index contributed by atoms with van der Waals surface area (Å²) in [6, 6.07) is 11.5. The molecule has 0 atom stereocenters. The van der Waals surface area contributed by atoms with Gasteiger partial charge in [0.25, 0.3) is 0 Å². The van der Waals surface area contributed by atoms with Crippen molar-refractivity contribution in [3.63, 3.8) is 0 Å². The van der Waals surface area contributed by atoms with Crippen LogP contribution in [0, 0.1) is 0 Å². The normalized spacial score (nSPS) is 11.6. The molecule has 0 spiro atoms. The highest BCUT2D eigenvalue weighted by Gasteiger charge is 2.31. The SMILES string of the molecule is COc1ccc2c(c1)c(CCC=O)cn2Cc1cccc(OC(F)(F)F)c1. The van der Waals surface area contributed by atoms with Crippen molar-refractivity contribution in [2.75, 3.05) is 7.11 Å². The van der Waals surface area contributed by atoms with E-state index in [0.717, 1.165) is 22.8 Å². The Morgan fingerprint density at radius 2 is 1.93 bits per heavy atom. The standard InChI is InChI=1S/C20H18F3NO3/c1-26-16-7-8-19-18(11-16)15(5-3-9-25)13-24(19)12-14-4-2-6-17(10-14)27-20(21,22)23/h2,4,6-11,13H,3,5,12H2,1H3. The van der Waals surface area contributed by atoms with E-state index in [1.807, 2.05) is 29.0 Å². The molecule has 1 heterocycles. The molecule has 27 heavy (non-hydrogen) atoms. The molecule has 0 radical (unpaired) electrons. The average Bonchev–Trinajstić information content (AvgIpc) is 2.95. The second-order valence-electron chi connectivity index (χ2n) is 6.07. The number of nitrogens with zero attached hydrogens (tertiary/aromatic N) is 1. The minimum Gasteiger partial charge on any atom is -0.497 e. The third-order valence-corrected chi connectivity index (χ3v) is 4.19. The van der Waals surface area contributed by atoms with E-state index in [0.29, 0.717) is 30.7 Å². The van der Waals surface area contributed by atoms with Crippen molar-refractivity contribution in [1.82, 2.24) is 4.57 Å². The van der Waals surface area contributed by atoms with Crippen molar-refractivity contribution >= 4 is 17.2 Å². The first-order chi connectivity index (χ1) is 12.9. The molecular formula is C20H18F3NO3. The Bertz CT molecular complexity index is 947. The van der Waals surface area contributed by atoms with Gasteiger partial charge in [0.1, 0.15) is 17.8 Å². The van der Waals surface area contributed by atoms with Crippen LogP contribution in [-0.2, 0) is 17.8 Å². The zero-order valence-corrected chi connectivity index (χ0v) is 14.6. The van der Waals surface area contributed by atoms with E-state index in [2.05, 4.69) is 4.74 Å². The zero-order chi connectivity index (χ0) is 19.4. The molecule has 0 saturated carbocycles. The maximum Gasteiger partial charge on any atom is 0.573 e. The molecule has 0 amide bonds. The van der Waals surface area contributed by atoms with E-state index < -0.39 is 6.36 Å². The molecule has 3 rings (SSSR count). The first-order valence-electron chi connectivity index (χ1n) is 8.33. The summed E-state index contributed by atoms with van der Waals surface area (Å²) in [4.78, 5) is 10.7. The lowest BCUT2D eigenvalue weighted by Gasteiger charge is -2.11. The minimum absolute atomic E-state index is 0.251. The van der Waals surface area contributed by atoms with Crippen LogP contribution < -0.4 is 9.47 Å². The number of hydrogen-bond donors (Lipinski definition) is 0. The summed E-state index contributed by atoms with van der Waals surface area (Å²) in [5, 5.41) is 0.957. The molecule has 7 heteroatoms. The molecular weight excluding hydrogens is 359 g/mol. The van der Waals surface area contributed by atoms with Crippen LogP contribution in [0.5, 0.6) is 11.5 Å². The Kier molecular flexibility index (Phi) is 5.39. The van der Waals surface area contributed by atoms with Crippen LogP contribution in [0.3, 0.4) is 0 Å². The van der Waals surface area contributed by atoms with Gasteiger partial charge in [-0.1, -0.05) is 12.1 Å². The molecule has 0 aliphatic rings. The van der Waals surface area contributed by atoms with Gasteiger partial charge in [-0.25, -0.2) is 0 Å². The number of fused-ring (bicyclic) bond motifs is 1. The molecule has 0 saturated heterocycles. The van der Waals surface area contributed by atoms with Gasteiger partial charge in [-0.05, 0) is 47.9 Å². The van der Waals surface area contributed by atoms with Gasteiger partial charge in [0.2, 0.25) is 0 Å². The van der Waals surface area contributed by atoms with Gasteiger partial charge in [-0.2, -0.15) is 0 Å². The first-order valence-corrected chi connectivity index (χ1v) is 8.33. The summed E-state index contributed by atoms with van der Waals surface area (Å²) >= 11 is 0. The number of hydrogen-bond acceptors (Lipinski definition) is 3. The van der Waals surface area contributed by atoms with Crippen LogP contribution in [0.4, 0.5) is 13.2 Å². The Hall–Kier alpha value is -2.96. The lowest BCUT2D eigenvalue weighted by atomic mass is 10.1. The fourth-order valence-corrected chi connectivity index (χ4v) is 3.06. The van der Waals surface area contributed by atoms with Gasteiger partial charge in [-0.3, -0.25) is 0 Å². The lowest BCUT2D eigenvalue weighted by Crippen LogP contribution is -2.17. The number of benzene rings is 2. The molecule has 3 aromatic rings. The van der Waals surface area contributed by atoms with Crippen LogP contribution >= 0.6 is 0 Å². The fourth-order valence-electron chi connectivity index (χ4n) is 3.06. The summed E-state index contributed by atoms with van der Waals surface area (Å²) < 4.78 is 48.5. The molecule has 142 valence electrons. The summed E-state index contributed by atoms with van der Waals surface area (Å²) in [5.74, 6) is 0.451.